The topological polar surface area (TPSA) is 74.7 Å². The van der Waals surface area contributed by atoms with E-state index in [4.69, 9.17) is 23.2 Å². The number of sulfonamides is 1. The van der Waals surface area contributed by atoms with Gasteiger partial charge < -0.3 is 0 Å². The van der Waals surface area contributed by atoms with Gasteiger partial charge in [-0.15, -0.1) is 0 Å². The number of benzene rings is 1. The number of aromatic nitrogens is 1. The van der Waals surface area contributed by atoms with E-state index in [2.05, 4.69) is 15.5 Å². The molecule has 0 aliphatic heterocycles. The summed E-state index contributed by atoms with van der Waals surface area (Å²) in [7, 11) is -3.52. The number of hydrazone groups is 1. The highest BCUT2D eigenvalue weighted by Gasteiger charge is 2.21. The number of hydrogen-bond acceptors (Lipinski definition) is 5. The Kier molecular flexibility index (Phi) is 6.78. The van der Waals surface area contributed by atoms with Crippen LogP contribution in [0.2, 0.25) is 10.0 Å². The van der Waals surface area contributed by atoms with Crippen molar-refractivity contribution in [1.82, 2.24) is 9.29 Å². The predicted octanol–water partition coefficient (Wildman–Crippen LogP) is 3.86. The Morgan fingerprint density at radius 3 is 2.52 bits per heavy atom. The van der Waals surface area contributed by atoms with Crippen molar-refractivity contribution in [3.8, 4) is 0 Å². The summed E-state index contributed by atoms with van der Waals surface area (Å²) in [5.41, 5.74) is 3.38. The molecule has 1 heterocycles. The van der Waals surface area contributed by atoms with E-state index in [0.717, 1.165) is 0 Å². The molecule has 25 heavy (non-hydrogen) atoms. The van der Waals surface area contributed by atoms with Gasteiger partial charge >= 0.3 is 0 Å². The molecular formula is C16H18Cl2N4O2S. The predicted molar refractivity (Wildman–Crippen MR) is 102 cm³/mol. The largest absolute Gasteiger partial charge is 0.261 e. The Labute approximate surface area is 157 Å². The molecule has 6 nitrogen and oxygen atoms in total. The highest BCUT2D eigenvalue weighted by atomic mass is 35.5. The van der Waals surface area contributed by atoms with Crippen molar-refractivity contribution >= 4 is 45.3 Å². The van der Waals surface area contributed by atoms with E-state index < -0.39 is 10.0 Å². The third-order valence-corrected chi connectivity index (χ3v) is 6.31. The minimum Gasteiger partial charge on any atom is -0.261 e. The monoisotopic (exact) mass is 400 g/mol. The third kappa shape index (κ3) is 4.70. The number of hydrogen-bond donors (Lipinski definition) is 1. The lowest BCUT2D eigenvalue weighted by Crippen LogP contribution is -2.30. The molecule has 0 saturated heterocycles. The Bertz CT molecular complexity index is 851. The number of anilines is 1. The van der Waals surface area contributed by atoms with Crippen LogP contribution in [0.5, 0.6) is 0 Å². The number of rotatable bonds is 7. The Hall–Kier alpha value is -1.67. The third-order valence-electron chi connectivity index (χ3n) is 3.44. The number of halogens is 2. The lowest BCUT2D eigenvalue weighted by atomic mass is 10.2. The van der Waals surface area contributed by atoms with Gasteiger partial charge in [0.2, 0.25) is 10.0 Å². The average Bonchev–Trinajstić information content (AvgIpc) is 2.60. The highest BCUT2D eigenvalue weighted by molar-refractivity contribution is 7.89. The van der Waals surface area contributed by atoms with Crippen LogP contribution in [0.25, 0.3) is 0 Å². The first-order valence-corrected chi connectivity index (χ1v) is 9.79. The van der Waals surface area contributed by atoms with Gasteiger partial charge in [0.1, 0.15) is 10.7 Å². The number of pyridine rings is 1. The van der Waals surface area contributed by atoms with Crippen molar-refractivity contribution in [1.29, 1.82) is 0 Å². The van der Waals surface area contributed by atoms with E-state index in [9.17, 15) is 8.42 Å². The zero-order valence-electron chi connectivity index (χ0n) is 13.8. The first-order valence-electron chi connectivity index (χ1n) is 7.59. The molecule has 134 valence electrons. The summed E-state index contributed by atoms with van der Waals surface area (Å²) < 4.78 is 26.1. The van der Waals surface area contributed by atoms with E-state index in [1.165, 1.54) is 22.8 Å². The Balaban J connectivity index is 2.11. The molecule has 0 aliphatic carbocycles. The van der Waals surface area contributed by atoms with Crippen LogP contribution in [-0.2, 0) is 10.0 Å². The van der Waals surface area contributed by atoms with E-state index in [-0.39, 0.29) is 4.90 Å². The molecule has 0 aliphatic rings. The molecular weight excluding hydrogens is 383 g/mol. The second kappa shape index (κ2) is 8.62. The van der Waals surface area contributed by atoms with Gasteiger partial charge in [0.15, 0.2) is 0 Å². The van der Waals surface area contributed by atoms with Crippen molar-refractivity contribution in [2.75, 3.05) is 18.5 Å². The summed E-state index contributed by atoms with van der Waals surface area (Å²) in [5.74, 6) is 0.410. The lowest BCUT2D eigenvalue weighted by molar-refractivity contribution is 0.445. The van der Waals surface area contributed by atoms with E-state index in [1.807, 2.05) is 0 Å². The zero-order valence-corrected chi connectivity index (χ0v) is 16.1. The van der Waals surface area contributed by atoms with Crippen molar-refractivity contribution in [2.24, 2.45) is 5.10 Å². The quantitative estimate of drug-likeness (QED) is 0.565. The van der Waals surface area contributed by atoms with Crippen LogP contribution >= 0.6 is 23.2 Å². The molecule has 1 aromatic carbocycles. The van der Waals surface area contributed by atoms with E-state index >= 15 is 0 Å². The fraction of sp³-hybridized carbons (Fsp3) is 0.250. The van der Waals surface area contributed by atoms with Gasteiger partial charge in [-0.2, -0.15) is 9.41 Å². The van der Waals surface area contributed by atoms with Gasteiger partial charge in [0, 0.05) is 24.8 Å². The van der Waals surface area contributed by atoms with Gasteiger partial charge in [-0.3, -0.25) is 5.43 Å². The first-order chi connectivity index (χ1) is 11.9. The molecule has 0 unspecified atom stereocenters. The smallest absolute Gasteiger partial charge is 0.244 e. The molecule has 9 heteroatoms. The van der Waals surface area contributed by atoms with Crippen molar-refractivity contribution in [2.45, 2.75) is 18.7 Å². The Morgan fingerprint density at radius 2 is 1.92 bits per heavy atom. The molecule has 0 bridgehead atoms. The summed E-state index contributed by atoms with van der Waals surface area (Å²) in [5, 5.41) is 4.88. The van der Waals surface area contributed by atoms with Crippen LogP contribution in [0.4, 0.5) is 5.82 Å². The zero-order chi connectivity index (χ0) is 18.4. The van der Waals surface area contributed by atoms with E-state index in [0.29, 0.717) is 34.5 Å². The minimum atomic E-state index is -3.52. The molecule has 1 N–H and O–H groups in total. The van der Waals surface area contributed by atoms with Gasteiger partial charge in [0.05, 0.1) is 16.3 Å². The van der Waals surface area contributed by atoms with Crippen LogP contribution < -0.4 is 5.43 Å². The second-order valence-corrected chi connectivity index (χ2v) is 7.70. The summed E-state index contributed by atoms with van der Waals surface area (Å²) in [6.07, 6.45) is 2.81. The minimum absolute atomic E-state index is 0.142. The van der Waals surface area contributed by atoms with Crippen LogP contribution in [0.3, 0.4) is 0 Å². The summed E-state index contributed by atoms with van der Waals surface area (Å²) >= 11 is 12.0. The van der Waals surface area contributed by atoms with Crippen LogP contribution in [-0.4, -0.2) is 37.0 Å². The molecule has 0 radical (unpaired) electrons. The maximum Gasteiger partial charge on any atom is 0.244 e. The molecule has 1 aromatic heterocycles. The molecule has 2 aromatic rings. The first kappa shape index (κ1) is 19.7. The van der Waals surface area contributed by atoms with Gasteiger partial charge in [-0.05, 0) is 18.2 Å². The SMILES string of the molecule is CCN(CC)S(=O)(=O)c1ccc(N/N=C/c2cccc(Cl)c2Cl)nc1. The van der Waals surface area contributed by atoms with Crippen LogP contribution in [0, 0.1) is 0 Å². The number of nitrogens with one attached hydrogen (secondary N) is 1. The van der Waals surface area contributed by atoms with Gasteiger partial charge in [-0.25, -0.2) is 13.4 Å². The van der Waals surface area contributed by atoms with Gasteiger partial charge in [-0.1, -0.05) is 49.2 Å². The lowest BCUT2D eigenvalue weighted by Gasteiger charge is -2.18. The fourth-order valence-corrected chi connectivity index (χ4v) is 3.86. The summed E-state index contributed by atoms with van der Waals surface area (Å²) in [4.78, 5) is 4.22. The van der Waals surface area contributed by atoms with E-state index in [1.54, 1.807) is 38.1 Å². The molecule has 0 atom stereocenters. The molecule has 0 spiro atoms. The summed E-state index contributed by atoms with van der Waals surface area (Å²) in [6.45, 7) is 4.40. The maximum absolute atomic E-state index is 12.4. The average molecular weight is 401 g/mol. The fourth-order valence-electron chi connectivity index (χ4n) is 2.10. The highest BCUT2D eigenvalue weighted by Crippen LogP contribution is 2.24. The van der Waals surface area contributed by atoms with Crippen LogP contribution in [0.1, 0.15) is 19.4 Å². The van der Waals surface area contributed by atoms with Crippen molar-refractivity contribution < 1.29 is 8.42 Å². The van der Waals surface area contributed by atoms with Crippen molar-refractivity contribution in [3.05, 3.63) is 52.1 Å². The standard InChI is InChI=1S/C16H18Cl2N4O2S/c1-3-22(4-2)25(23,24)13-8-9-15(19-11-13)21-20-10-12-6-5-7-14(17)16(12)18/h5-11H,3-4H2,1-2H3,(H,19,21)/b20-10+. The maximum atomic E-state index is 12.4. The summed E-state index contributed by atoms with van der Waals surface area (Å²) in [6, 6.07) is 8.26. The second-order valence-electron chi connectivity index (χ2n) is 4.98. The Morgan fingerprint density at radius 1 is 1.20 bits per heavy atom. The van der Waals surface area contributed by atoms with Crippen molar-refractivity contribution in [3.63, 3.8) is 0 Å². The van der Waals surface area contributed by atoms with Crippen LogP contribution in [0.15, 0.2) is 46.5 Å². The molecule has 0 saturated carbocycles. The van der Waals surface area contributed by atoms with Gasteiger partial charge in [0.25, 0.3) is 0 Å². The molecule has 0 amide bonds. The molecule has 0 fully saturated rings. The normalized spacial score (nSPS) is 12.0. The molecule has 2 rings (SSSR count). The number of nitrogens with zero attached hydrogens (tertiary/aromatic N) is 3.